The Labute approximate surface area is 107 Å². The van der Waals surface area contributed by atoms with Crippen LogP contribution in [0.2, 0.25) is 0 Å². The molecule has 0 aliphatic heterocycles. The maximum absolute atomic E-state index is 11.4. The molecule has 8 heteroatoms. The second-order valence-corrected chi connectivity index (χ2v) is 4.15. The number of hydrogen-bond donors (Lipinski definition) is 3. The van der Waals surface area contributed by atoms with Crippen LogP contribution < -0.4 is 10.6 Å². The number of thiazole rings is 1. The molecular weight excluding hydrogens is 258 g/mol. The van der Waals surface area contributed by atoms with Gasteiger partial charge in [-0.3, -0.25) is 10.1 Å². The lowest BCUT2D eigenvalue weighted by atomic mass is 10.3. The summed E-state index contributed by atoms with van der Waals surface area (Å²) in [4.78, 5) is 36.6. The molecule has 0 saturated heterocycles. The Morgan fingerprint density at radius 3 is 2.72 bits per heavy atom. The summed E-state index contributed by atoms with van der Waals surface area (Å²) in [6.07, 6.45) is 3.01. The average molecular weight is 269 g/mol. The van der Waals surface area contributed by atoms with E-state index in [1.807, 2.05) is 5.32 Å². The largest absolute Gasteiger partial charge is 0.478 e. The summed E-state index contributed by atoms with van der Waals surface area (Å²) in [5, 5.41) is 15.2. The highest BCUT2D eigenvalue weighted by Gasteiger charge is 2.12. The summed E-state index contributed by atoms with van der Waals surface area (Å²) in [5.41, 5.74) is 0. The van der Waals surface area contributed by atoms with Gasteiger partial charge in [0.2, 0.25) is 0 Å². The molecule has 1 atom stereocenters. The smallest absolute Gasteiger partial charge is 0.328 e. The van der Waals surface area contributed by atoms with Crippen LogP contribution in [0.4, 0.5) is 4.79 Å². The van der Waals surface area contributed by atoms with Gasteiger partial charge >= 0.3 is 12.0 Å². The van der Waals surface area contributed by atoms with Crippen molar-refractivity contribution >= 4 is 29.2 Å². The van der Waals surface area contributed by atoms with E-state index < -0.39 is 17.9 Å². The van der Waals surface area contributed by atoms with E-state index in [9.17, 15) is 14.4 Å². The van der Waals surface area contributed by atoms with Crippen LogP contribution in [0.15, 0.2) is 23.7 Å². The van der Waals surface area contributed by atoms with Crippen LogP contribution in [-0.2, 0) is 9.59 Å². The number of carboxylic acids is 1. The van der Waals surface area contributed by atoms with Crippen LogP contribution in [0.25, 0.3) is 0 Å². The van der Waals surface area contributed by atoms with Crippen molar-refractivity contribution in [1.29, 1.82) is 0 Å². The molecule has 0 aromatic carbocycles. The predicted molar refractivity (Wildman–Crippen MR) is 64.0 cm³/mol. The molecule has 1 aromatic rings. The van der Waals surface area contributed by atoms with Crippen molar-refractivity contribution in [2.75, 3.05) is 0 Å². The van der Waals surface area contributed by atoms with Crippen molar-refractivity contribution in [3.63, 3.8) is 0 Å². The number of rotatable bonds is 4. The quantitative estimate of drug-likeness (QED) is 0.696. The predicted octanol–water partition coefficient (Wildman–Crippen LogP) is 0.671. The maximum atomic E-state index is 11.4. The molecular formula is C10H11N3O4S. The van der Waals surface area contributed by atoms with Crippen LogP contribution in [0.3, 0.4) is 0 Å². The first-order chi connectivity index (χ1) is 8.49. The lowest BCUT2D eigenvalue weighted by molar-refractivity contribution is -0.131. The summed E-state index contributed by atoms with van der Waals surface area (Å²) >= 11 is 1.38. The van der Waals surface area contributed by atoms with E-state index in [0.29, 0.717) is 11.1 Å². The van der Waals surface area contributed by atoms with Gasteiger partial charge in [0.25, 0.3) is 5.91 Å². The monoisotopic (exact) mass is 269 g/mol. The molecule has 3 amide bonds. The first-order valence-electron chi connectivity index (χ1n) is 4.91. The van der Waals surface area contributed by atoms with Crippen LogP contribution in [0.5, 0.6) is 0 Å². The van der Waals surface area contributed by atoms with Crippen molar-refractivity contribution in [2.24, 2.45) is 0 Å². The number of aliphatic carboxylic acids is 1. The number of aromatic nitrogens is 1. The van der Waals surface area contributed by atoms with Crippen molar-refractivity contribution in [3.8, 4) is 0 Å². The zero-order chi connectivity index (χ0) is 13.5. The molecule has 1 rings (SSSR count). The summed E-state index contributed by atoms with van der Waals surface area (Å²) in [5.74, 6) is -2.07. The van der Waals surface area contributed by atoms with E-state index in [4.69, 9.17) is 5.11 Å². The molecule has 0 bridgehead atoms. The lowest BCUT2D eigenvalue weighted by Crippen LogP contribution is -2.39. The van der Waals surface area contributed by atoms with Gasteiger partial charge in [0, 0.05) is 23.7 Å². The average Bonchev–Trinajstić information content (AvgIpc) is 2.79. The van der Waals surface area contributed by atoms with Gasteiger partial charge in [0.05, 0.1) is 6.04 Å². The molecule has 1 aromatic heterocycles. The first-order valence-corrected chi connectivity index (χ1v) is 5.79. The SMILES string of the molecule is CC(NC(=O)NC(=O)C=CC(=O)O)c1nccs1. The second kappa shape index (κ2) is 6.50. The zero-order valence-corrected chi connectivity index (χ0v) is 10.2. The minimum absolute atomic E-state index is 0.332. The van der Waals surface area contributed by atoms with Crippen molar-refractivity contribution < 1.29 is 19.5 Å². The third-order valence-electron chi connectivity index (χ3n) is 1.78. The summed E-state index contributed by atoms with van der Waals surface area (Å²) < 4.78 is 0. The molecule has 96 valence electrons. The summed E-state index contributed by atoms with van der Waals surface area (Å²) in [7, 11) is 0. The van der Waals surface area contributed by atoms with Crippen LogP contribution in [0.1, 0.15) is 18.0 Å². The maximum Gasteiger partial charge on any atom is 0.328 e. The van der Waals surface area contributed by atoms with Gasteiger partial charge in [0.1, 0.15) is 5.01 Å². The molecule has 3 N–H and O–H groups in total. The molecule has 0 fully saturated rings. The number of carboxylic acid groups (broad SMARTS) is 1. The Morgan fingerprint density at radius 2 is 2.17 bits per heavy atom. The second-order valence-electron chi connectivity index (χ2n) is 3.23. The van der Waals surface area contributed by atoms with Crippen LogP contribution in [0, 0.1) is 0 Å². The Bertz CT molecular complexity index is 469. The standard InChI is InChI=1S/C10H11N3O4S/c1-6(9-11-4-5-18-9)12-10(17)13-7(14)2-3-8(15)16/h2-6H,1H3,(H,15,16)(H2,12,13,14,17). The van der Waals surface area contributed by atoms with E-state index in [0.717, 1.165) is 6.08 Å². The van der Waals surface area contributed by atoms with Crippen LogP contribution in [-0.4, -0.2) is 28.0 Å². The normalized spacial score (nSPS) is 12.1. The number of urea groups is 1. The highest BCUT2D eigenvalue weighted by atomic mass is 32.1. The van der Waals surface area contributed by atoms with E-state index in [2.05, 4.69) is 10.3 Å². The molecule has 1 unspecified atom stereocenters. The molecule has 18 heavy (non-hydrogen) atoms. The lowest BCUT2D eigenvalue weighted by Gasteiger charge is -2.10. The third kappa shape index (κ3) is 4.74. The Morgan fingerprint density at radius 1 is 1.44 bits per heavy atom. The number of carbonyl (C=O) groups excluding carboxylic acids is 2. The number of nitrogens with one attached hydrogen (secondary N) is 2. The minimum atomic E-state index is -1.26. The molecule has 0 saturated carbocycles. The number of amides is 3. The van der Waals surface area contributed by atoms with Crippen molar-refractivity contribution in [3.05, 3.63) is 28.7 Å². The number of carbonyl (C=O) groups is 3. The van der Waals surface area contributed by atoms with Crippen LogP contribution >= 0.6 is 11.3 Å². The third-order valence-corrected chi connectivity index (χ3v) is 2.74. The molecule has 0 aliphatic carbocycles. The summed E-state index contributed by atoms with van der Waals surface area (Å²) in [6, 6.07) is -1.04. The fourth-order valence-electron chi connectivity index (χ4n) is 1.04. The highest BCUT2D eigenvalue weighted by Crippen LogP contribution is 2.13. The Kier molecular flexibility index (Phi) is 5.00. The first kappa shape index (κ1) is 13.8. The van der Waals surface area contributed by atoms with Gasteiger partial charge in [-0.1, -0.05) is 0 Å². The number of hydrogen-bond acceptors (Lipinski definition) is 5. The molecule has 0 radical (unpaired) electrons. The molecule has 0 spiro atoms. The molecule has 7 nitrogen and oxygen atoms in total. The number of imide groups is 1. The fraction of sp³-hybridized carbons (Fsp3) is 0.200. The fourth-order valence-corrected chi connectivity index (χ4v) is 1.69. The molecule has 0 aliphatic rings. The van der Waals surface area contributed by atoms with E-state index in [1.165, 1.54) is 11.3 Å². The number of nitrogens with zero attached hydrogens (tertiary/aromatic N) is 1. The minimum Gasteiger partial charge on any atom is -0.478 e. The Hall–Kier alpha value is -2.22. The van der Waals surface area contributed by atoms with Gasteiger partial charge in [-0.15, -0.1) is 11.3 Å². The van der Waals surface area contributed by atoms with Gasteiger partial charge in [-0.2, -0.15) is 0 Å². The Balaban J connectivity index is 2.42. The van der Waals surface area contributed by atoms with Gasteiger partial charge < -0.3 is 10.4 Å². The van der Waals surface area contributed by atoms with E-state index in [-0.39, 0.29) is 6.04 Å². The summed E-state index contributed by atoms with van der Waals surface area (Å²) in [6.45, 7) is 1.72. The van der Waals surface area contributed by atoms with Crippen molar-refractivity contribution in [2.45, 2.75) is 13.0 Å². The van der Waals surface area contributed by atoms with E-state index >= 15 is 0 Å². The van der Waals surface area contributed by atoms with Gasteiger partial charge in [0.15, 0.2) is 0 Å². The topological polar surface area (TPSA) is 108 Å². The van der Waals surface area contributed by atoms with Crippen molar-refractivity contribution in [1.82, 2.24) is 15.6 Å². The van der Waals surface area contributed by atoms with E-state index in [1.54, 1.807) is 18.5 Å². The zero-order valence-electron chi connectivity index (χ0n) is 9.41. The van der Waals surface area contributed by atoms with Gasteiger partial charge in [-0.25, -0.2) is 14.6 Å². The van der Waals surface area contributed by atoms with Gasteiger partial charge in [-0.05, 0) is 6.92 Å². The highest BCUT2D eigenvalue weighted by molar-refractivity contribution is 7.09. The molecule has 1 heterocycles.